The molecule has 2 N–H and O–H groups in total. The van der Waals surface area contributed by atoms with Gasteiger partial charge >= 0.3 is 0 Å². The summed E-state index contributed by atoms with van der Waals surface area (Å²) in [5.41, 5.74) is 3.34. The summed E-state index contributed by atoms with van der Waals surface area (Å²) in [6.07, 6.45) is 0.885. The van der Waals surface area contributed by atoms with E-state index in [1.165, 1.54) is 0 Å². The lowest BCUT2D eigenvalue weighted by atomic mass is 10.1. The Labute approximate surface area is 114 Å². The van der Waals surface area contributed by atoms with Crippen LogP contribution in [0.2, 0.25) is 0 Å². The molecule has 0 bridgehead atoms. The van der Waals surface area contributed by atoms with Gasteiger partial charge < -0.3 is 15.3 Å². The lowest BCUT2D eigenvalue weighted by molar-refractivity contribution is -0.123. The average molecular weight is 262 g/mol. The van der Waals surface area contributed by atoms with Crippen LogP contribution in [0.25, 0.3) is 0 Å². The number of anilines is 1. The van der Waals surface area contributed by atoms with E-state index in [0.29, 0.717) is 0 Å². The van der Waals surface area contributed by atoms with Gasteiger partial charge in [-0.2, -0.15) is 0 Å². The molecule has 2 unspecified atom stereocenters. The van der Waals surface area contributed by atoms with Gasteiger partial charge in [-0.3, -0.25) is 4.79 Å². The summed E-state index contributed by atoms with van der Waals surface area (Å²) in [6.45, 7) is 6.69. The van der Waals surface area contributed by atoms with Gasteiger partial charge in [0.05, 0.1) is 6.61 Å². The van der Waals surface area contributed by atoms with E-state index < -0.39 is 6.04 Å². The first-order valence-corrected chi connectivity index (χ1v) is 6.78. The fourth-order valence-corrected chi connectivity index (χ4v) is 2.54. The van der Waals surface area contributed by atoms with E-state index in [2.05, 4.69) is 23.5 Å². The molecule has 1 saturated heterocycles. The molecule has 1 aromatic rings. The Morgan fingerprint density at radius 2 is 2.16 bits per heavy atom. The summed E-state index contributed by atoms with van der Waals surface area (Å²) in [5.74, 6) is -0.0894. The molecule has 104 valence electrons. The number of amides is 1. The molecule has 0 radical (unpaired) electrons. The zero-order valence-corrected chi connectivity index (χ0v) is 11.8. The van der Waals surface area contributed by atoms with Crippen molar-refractivity contribution in [3.05, 3.63) is 29.3 Å². The minimum Gasteiger partial charge on any atom is -0.394 e. The molecule has 1 aromatic carbocycles. The molecular formula is C15H22N2O2. The molecule has 4 nitrogen and oxygen atoms in total. The fourth-order valence-electron chi connectivity index (χ4n) is 2.54. The van der Waals surface area contributed by atoms with Crippen molar-refractivity contribution < 1.29 is 9.90 Å². The van der Waals surface area contributed by atoms with Crippen molar-refractivity contribution >= 4 is 11.6 Å². The van der Waals surface area contributed by atoms with Crippen LogP contribution < -0.4 is 10.2 Å². The fraction of sp³-hybridized carbons (Fsp3) is 0.533. The van der Waals surface area contributed by atoms with Gasteiger partial charge in [-0.05, 0) is 44.4 Å². The third-order valence-corrected chi connectivity index (χ3v) is 3.72. The zero-order chi connectivity index (χ0) is 14.0. The third-order valence-electron chi connectivity index (χ3n) is 3.72. The Morgan fingerprint density at radius 3 is 2.84 bits per heavy atom. The maximum absolute atomic E-state index is 12.1. The maximum atomic E-state index is 12.1. The van der Waals surface area contributed by atoms with E-state index in [9.17, 15) is 9.90 Å². The molecule has 1 amide bonds. The summed E-state index contributed by atoms with van der Waals surface area (Å²) < 4.78 is 0. The number of aliphatic hydroxyl groups is 1. The van der Waals surface area contributed by atoms with Gasteiger partial charge in [0.1, 0.15) is 6.04 Å². The monoisotopic (exact) mass is 262 g/mol. The summed E-state index contributed by atoms with van der Waals surface area (Å²) in [4.78, 5) is 14.2. The van der Waals surface area contributed by atoms with Crippen molar-refractivity contribution in [2.24, 2.45) is 0 Å². The Bertz CT molecular complexity index is 473. The van der Waals surface area contributed by atoms with E-state index in [1.807, 2.05) is 25.7 Å². The Morgan fingerprint density at radius 1 is 1.42 bits per heavy atom. The van der Waals surface area contributed by atoms with Crippen LogP contribution in [0.5, 0.6) is 0 Å². The highest BCUT2D eigenvalue weighted by Crippen LogP contribution is 2.25. The smallest absolute Gasteiger partial charge is 0.245 e. The summed E-state index contributed by atoms with van der Waals surface area (Å²) in [7, 11) is 0. The first-order chi connectivity index (χ1) is 9.02. The molecule has 0 spiro atoms. The van der Waals surface area contributed by atoms with Crippen molar-refractivity contribution in [1.29, 1.82) is 0 Å². The standard InChI is InChI=1S/C15H22N2O2/c1-10-4-5-11(2)13(8-10)17-7-6-12(3)16-15(19)14(17)9-18/h4-5,8,12,14,18H,6-7,9H2,1-3H3,(H,16,19). The second-order valence-electron chi connectivity index (χ2n) is 5.38. The molecule has 1 aliphatic heterocycles. The van der Waals surface area contributed by atoms with Crippen LogP contribution in [-0.2, 0) is 4.79 Å². The number of aryl methyl sites for hydroxylation is 2. The van der Waals surface area contributed by atoms with Crippen molar-refractivity contribution in [3.8, 4) is 0 Å². The van der Waals surface area contributed by atoms with Crippen molar-refractivity contribution in [1.82, 2.24) is 5.32 Å². The van der Waals surface area contributed by atoms with E-state index in [-0.39, 0.29) is 18.6 Å². The Hall–Kier alpha value is -1.55. The normalized spacial score (nSPS) is 24.0. The minimum atomic E-state index is -0.495. The second kappa shape index (κ2) is 5.61. The summed E-state index contributed by atoms with van der Waals surface area (Å²) in [6, 6.07) is 5.86. The Kier molecular flexibility index (Phi) is 4.10. The Balaban J connectivity index is 2.39. The quantitative estimate of drug-likeness (QED) is 0.846. The van der Waals surface area contributed by atoms with Gasteiger partial charge in [-0.1, -0.05) is 12.1 Å². The highest BCUT2D eigenvalue weighted by Gasteiger charge is 2.30. The van der Waals surface area contributed by atoms with Gasteiger partial charge in [0.25, 0.3) is 0 Å². The van der Waals surface area contributed by atoms with Crippen molar-refractivity contribution in [2.75, 3.05) is 18.1 Å². The number of carbonyl (C=O) groups is 1. The number of hydrogen-bond acceptors (Lipinski definition) is 3. The van der Waals surface area contributed by atoms with Crippen LogP contribution in [-0.4, -0.2) is 36.2 Å². The lowest BCUT2D eigenvalue weighted by Crippen LogP contribution is -2.47. The van der Waals surface area contributed by atoms with Crippen molar-refractivity contribution in [2.45, 2.75) is 39.3 Å². The molecule has 1 fully saturated rings. The molecule has 0 aromatic heterocycles. The molecule has 19 heavy (non-hydrogen) atoms. The molecule has 0 aliphatic carbocycles. The van der Waals surface area contributed by atoms with E-state index in [0.717, 1.165) is 29.8 Å². The number of hydrogen-bond donors (Lipinski definition) is 2. The lowest BCUT2D eigenvalue weighted by Gasteiger charge is -2.30. The first kappa shape index (κ1) is 13.9. The van der Waals surface area contributed by atoms with E-state index >= 15 is 0 Å². The average Bonchev–Trinajstić information content (AvgIpc) is 2.50. The van der Waals surface area contributed by atoms with Gasteiger partial charge in [0.15, 0.2) is 0 Å². The summed E-state index contributed by atoms with van der Waals surface area (Å²) in [5, 5.41) is 12.5. The molecule has 2 rings (SSSR count). The maximum Gasteiger partial charge on any atom is 0.245 e. The predicted octanol–water partition coefficient (Wildman–Crippen LogP) is 1.38. The number of rotatable bonds is 2. The molecule has 4 heteroatoms. The highest BCUT2D eigenvalue weighted by atomic mass is 16.3. The SMILES string of the molecule is Cc1ccc(C)c(N2CCC(C)NC(=O)C2CO)c1. The third kappa shape index (κ3) is 2.89. The zero-order valence-electron chi connectivity index (χ0n) is 11.8. The van der Waals surface area contributed by atoms with Gasteiger partial charge in [0, 0.05) is 18.3 Å². The highest BCUT2D eigenvalue weighted by molar-refractivity contribution is 5.86. The van der Waals surface area contributed by atoms with Crippen LogP contribution in [0.15, 0.2) is 18.2 Å². The number of nitrogens with one attached hydrogen (secondary N) is 1. The van der Waals surface area contributed by atoms with Crippen LogP contribution in [0.3, 0.4) is 0 Å². The largest absolute Gasteiger partial charge is 0.394 e. The van der Waals surface area contributed by atoms with Crippen LogP contribution >= 0.6 is 0 Å². The van der Waals surface area contributed by atoms with Gasteiger partial charge in [-0.15, -0.1) is 0 Å². The summed E-state index contributed by atoms with van der Waals surface area (Å²) >= 11 is 0. The van der Waals surface area contributed by atoms with Gasteiger partial charge in [-0.25, -0.2) is 0 Å². The molecule has 2 atom stereocenters. The van der Waals surface area contributed by atoms with Crippen LogP contribution in [0.1, 0.15) is 24.5 Å². The minimum absolute atomic E-state index is 0.0894. The number of benzene rings is 1. The van der Waals surface area contributed by atoms with E-state index in [4.69, 9.17) is 0 Å². The van der Waals surface area contributed by atoms with Crippen LogP contribution in [0.4, 0.5) is 5.69 Å². The van der Waals surface area contributed by atoms with Gasteiger partial charge in [0.2, 0.25) is 5.91 Å². The van der Waals surface area contributed by atoms with E-state index in [1.54, 1.807) is 0 Å². The topological polar surface area (TPSA) is 52.6 Å². The molecular weight excluding hydrogens is 240 g/mol. The number of carbonyl (C=O) groups excluding carboxylic acids is 1. The molecule has 1 aliphatic rings. The predicted molar refractivity (Wildman–Crippen MR) is 76.4 cm³/mol. The molecule has 1 heterocycles. The second-order valence-corrected chi connectivity index (χ2v) is 5.38. The first-order valence-electron chi connectivity index (χ1n) is 6.78. The van der Waals surface area contributed by atoms with Crippen molar-refractivity contribution in [3.63, 3.8) is 0 Å². The van der Waals surface area contributed by atoms with Crippen LogP contribution in [0, 0.1) is 13.8 Å². The molecule has 0 saturated carbocycles. The number of nitrogens with zero attached hydrogens (tertiary/aromatic N) is 1. The number of aliphatic hydroxyl groups excluding tert-OH is 1.